The fraction of sp³-hybridized carbons (Fsp3) is 1.00. The lowest BCUT2D eigenvalue weighted by Gasteiger charge is -2.30. The lowest BCUT2D eigenvalue weighted by atomic mass is 10.0. The highest BCUT2D eigenvalue weighted by Gasteiger charge is 2.13. The van der Waals surface area contributed by atoms with E-state index in [1.165, 1.54) is 185 Å². The molecule has 0 bridgehead atoms. The summed E-state index contributed by atoms with van der Waals surface area (Å²) in [5.41, 5.74) is 0. The van der Waals surface area contributed by atoms with Gasteiger partial charge < -0.3 is 4.48 Å². The molecule has 200 valence electrons. The number of hydrogen-bond acceptors (Lipinski definition) is 0. The second-order valence-corrected chi connectivity index (χ2v) is 11.9. The van der Waals surface area contributed by atoms with Crippen LogP contribution in [0.2, 0.25) is 0 Å². The highest BCUT2D eigenvalue weighted by molar-refractivity contribution is 4.51. The molecule has 0 amide bonds. The van der Waals surface area contributed by atoms with Crippen molar-refractivity contribution < 1.29 is 4.48 Å². The monoisotopic (exact) mass is 467 g/mol. The van der Waals surface area contributed by atoms with Gasteiger partial charge in [0.05, 0.1) is 27.2 Å². The molecule has 0 radical (unpaired) electrons. The fourth-order valence-electron chi connectivity index (χ4n) is 5.23. The van der Waals surface area contributed by atoms with Crippen molar-refractivity contribution in [2.45, 2.75) is 181 Å². The van der Waals surface area contributed by atoms with Gasteiger partial charge in [0.2, 0.25) is 0 Å². The first-order valence-electron chi connectivity index (χ1n) is 15.9. The molecular formula is C32H68N+. The lowest BCUT2D eigenvalue weighted by Crippen LogP contribution is -2.41. The van der Waals surface area contributed by atoms with Gasteiger partial charge >= 0.3 is 0 Å². The van der Waals surface area contributed by atoms with Gasteiger partial charge in [-0.2, -0.15) is 0 Å². The van der Waals surface area contributed by atoms with E-state index < -0.39 is 0 Å². The molecule has 0 aromatic rings. The van der Waals surface area contributed by atoms with Crippen LogP contribution in [0.1, 0.15) is 181 Å². The Morgan fingerprint density at radius 2 is 0.455 bits per heavy atom. The predicted molar refractivity (Wildman–Crippen MR) is 153 cm³/mol. The van der Waals surface area contributed by atoms with Crippen LogP contribution in [0.4, 0.5) is 0 Å². The van der Waals surface area contributed by atoms with E-state index in [1.807, 2.05) is 0 Å². The molecule has 0 aliphatic heterocycles. The molecule has 0 N–H and O–H groups in total. The molecule has 1 nitrogen and oxygen atoms in total. The standard InChI is InChI=1S/C32H68N/c1-5-7-9-11-13-14-15-16-17-18-19-20-21-22-23-24-25-26-28-30-32-33(3,4)31-29-27-12-10-8-6-2/h5-32H2,1-4H3/q+1. The minimum atomic E-state index is 1.24. The summed E-state index contributed by atoms with van der Waals surface area (Å²) in [6, 6.07) is 0. The Kier molecular flexibility index (Phi) is 26.5. The van der Waals surface area contributed by atoms with Gasteiger partial charge in [0.1, 0.15) is 0 Å². The Bertz CT molecular complexity index is 348. The van der Waals surface area contributed by atoms with E-state index in [4.69, 9.17) is 0 Å². The number of unbranched alkanes of at least 4 members (excludes halogenated alkanes) is 24. The normalized spacial score (nSPS) is 12.0. The lowest BCUT2D eigenvalue weighted by molar-refractivity contribution is -0.890. The van der Waals surface area contributed by atoms with E-state index in [9.17, 15) is 0 Å². The summed E-state index contributed by atoms with van der Waals surface area (Å²) in [4.78, 5) is 0. The van der Waals surface area contributed by atoms with Crippen LogP contribution < -0.4 is 0 Å². The topological polar surface area (TPSA) is 0 Å². The molecular weight excluding hydrogens is 398 g/mol. The predicted octanol–water partition coefficient (Wildman–Crippen LogP) is 11.2. The Hall–Kier alpha value is -0.0400. The minimum Gasteiger partial charge on any atom is -0.328 e. The number of nitrogens with zero attached hydrogens (tertiary/aromatic N) is 1. The van der Waals surface area contributed by atoms with Gasteiger partial charge in [-0.3, -0.25) is 0 Å². The quantitative estimate of drug-likeness (QED) is 0.0794. The summed E-state index contributed by atoms with van der Waals surface area (Å²) in [7, 11) is 4.89. The van der Waals surface area contributed by atoms with Crippen LogP contribution in [-0.4, -0.2) is 31.7 Å². The third-order valence-corrected chi connectivity index (χ3v) is 7.73. The molecule has 0 unspecified atom stereocenters. The molecule has 0 aromatic heterocycles. The van der Waals surface area contributed by atoms with Gasteiger partial charge in [-0.15, -0.1) is 0 Å². The largest absolute Gasteiger partial charge is 0.328 e. The summed E-state index contributed by atoms with van der Waals surface area (Å²) in [5.74, 6) is 0. The first-order chi connectivity index (χ1) is 16.1. The van der Waals surface area contributed by atoms with Gasteiger partial charge in [-0.25, -0.2) is 0 Å². The number of rotatable bonds is 28. The molecule has 33 heavy (non-hydrogen) atoms. The van der Waals surface area contributed by atoms with Crippen molar-refractivity contribution in [1.29, 1.82) is 0 Å². The number of quaternary nitrogens is 1. The molecule has 0 rings (SSSR count). The van der Waals surface area contributed by atoms with Gasteiger partial charge in [0.15, 0.2) is 0 Å². The molecule has 0 heterocycles. The first kappa shape index (κ1) is 33.0. The van der Waals surface area contributed by atoms with E-state index in [-0.39, 0.29) is 0 Å². The Labute approximate surface area is 212 Å². The maximum absolute atomic E-state index is 2.45. The molecule has 0 aromatic carbocycles. The van der Waals surface area contributed by atoms with Crippen molar-refractivity contribution in [3.63, 3.8) is 0 Å². The third-order valence-electron chi connectivity index (χ3n) is 7.73. The molecule has 1 heteroatoms. The van der Waals surface area contributed by atoms with Crippen LogP contribution in [0, 0.1) is 0 Å². The molecule has 0 aliphatic rings. The van der Waals surface area contributed by atoms with Gasteiger partial charge in [0.25, 0.3) is 0 Å². The van der Waals surface area contributed by atoms with Crippen molar-refractivity contribution in [1.82, 2.24) is 0 Å². The van der Waals surface area contributed by atoms with Gasteiger partial charge in [-0.1, -0.05) is 155 Å². The summed E-state index contributed by atoms with van der Waals surface area (Å²) < 4.78 is 1.24. The molecule has 0 atom stereocenters. The first-order valence-corrected chi connectivity index (χ1v) is 15.9. The average molecular weight is 467 g/mol. The number of hydrogen-bond donors (Lipinski definition) is 0. The average Bonchev–Trinajstić information content (AvgIpc) is 2.80. The second-order valence-electron chi connectivity index (χ2n) is 11.9. The van der Waals surface area contributed by atoms with Crippen molar-refractivity contribution in [3.8, 4) is 0 Å². The van der Waals surface area contributed by atoms with Crippen molar-refractivity contribution in [3.05, 3.63) is 0 Å². The summed E-state index contributed by atoms with van der Waals surface area (Å²) in [6.45, 7) is 7.38. The van der Waals surface area contributed by atoms with Crippen LogP contribution in [0.15, 0.2) is 0 Å². The van der Waals surface area contributed by atoms with Crippen molar-refractivity contribution >= 4 is 0 Å². The van der Waals surface area contributed by atoms with Crippen molar-refractivity contribution in [2.24, 2.45) is 0 Å². The zero-order valence-corrected chi connectivity index (χ0v) is 24.2. The highest BCUT2D eigenvalue weighted by Crippen LogP contribution is 2.15. The van der Waals surface area contributed by atoms with E-state index in [0.717, 1.165) is 0 Å². The van der Waals surface area contributed by atoms with Gasteiger partial charge in [0, 0.05) is 0 Å². The maximum atomic E-state index is 2.45. The Balaban J connectivity index is 3.20. The smallest absolute Gasteiger partial charge is 0.0782 e. The van der Waals surface area contributed by atoms with Crippen LogP contribution in [0.25, 0.3) is 0 Å². The Morgan fingerprint density at radius 1 is 0.273 bits per heavy atom. The summed E-state index contributed by atoms with van der Waals surface area (Å²) >= 11 is 0. The summed E-state index contributed by atoms with van der Waals surface area (Å²) in [6.07, 6.45) is 38.0. The van der Waals surface area contributed by atoms with E-state index in [2.05, 4.69) is 27.9 Å². The molecule has 0 fully saturated rings. The molecule has 0 saturated carbocycles. The van der Waals surface area contributed by atoms with Gasteiger partial charge in [-0.05, 0) is 25.7 Å². The fourth-order valence-corrected chi connectivity index (χ4v) is 5.23. The Morgan fingerprint density at radius 3 is 0.667 bits per heavy atom. The SMILES string of the molecule is CCCCCCCCCCCCCCCCCCCCCC[N+](C)(C)CCCCCCCC. The molecule has 0 aliphatic carbocycles. The van der Waals surface area contributed by atoms with E-state index in [1.54, 1.807) is 0 Å². The zero-order valence-electron chi connectivity index (χ0n) is 24.2. The van der Waals surface area contributed by atoms with E-state index in [0.29, 0.717) is 0 Å². The molecule has 0 saturated heterocycles. The van der Waals surface area contributed by atoms with Crippen molar-refractivity contribution in [2.75, 3.05) is 27.2 Å². The van der Waals surface area contributed by atoms with Crippen LogP contribution in [-0.2, 0) is 0 Å². The minimum absolute atomic E-state index is 1.24. The van der Waals surface area contributed by atoms with E-state index >= 15 is 0 Å². The molecule has 0 spiro atoms. The van der Waals surface area contributed by atoms with Crippen LogP contribution in [0.5, 0.6) is 0 Å². The zero-order chi connectivity index (χ0) is 24.3. The second kappa shape index (κ2) is 26.6. The highest BCUT2D eigenvalue weighted by atomic mass is 15.3. The van der Waals surface area contributed by atoms with Crippen LogP contribution in [0.3, 0.4) is 0 Å². The van der Waals surface area contributed by atoms with Crippen LogP contribution >= 0.6 is 0 Å². The third kappa shape index (κ3) is 28.1. The summed E-state index contributed by atoms with van der Waals surface area (Å²) in [5, 5.41) is 0. The maximum Gasteiger partial charge on any atom is 0.0782 e.